The van der Waals surface area contributed by atoms with E-state index in [0.717, 1.165) is 36.0 Å². The number of amides is 2. The van der Waals surface area contributed by atoms with Gasteiger partial charge in [-0.05, 0) is 62.8 Å². The summed E-state index contributed by atoms with van der Waals surface area (Å²) in [4.78, 5) is 45.7. The molecule has 1 aliphatic rings. The number of aromatic nitrogens is 3. The first-order valence-corrected chi connectivity index (χ1v) is 14.9. The molecule has 0 saturated carbocycles. The van der Waals surface area contributed by atoms with Gasteiger partial charge in [-0.3, -0.25) is 10.1 Å². The molecule has 232 valence electrons. The predicted molar refractivity (Wildman–Crippen MR) is 160 cm³/mol. The lowest BCUT2D eigenvalue weighted by Gasteiger charge is -2.23. The number of hydrogen-bond acceptors (Lipinski definition) is 7. The van der Waals surface area contributed by atoms with Gasteiger partial charge in [-0.1, -0.05) is 6.07 Å². The minimum atomic E-state index is -4.66. The molecule has 3 N–H and O–H groups in total. The predicted octanol–water partition coefficient (Wildman–Crippen LogP) is 6.25. The average molecular weight is 630 g/mol. The lowest BCUT2D eigenvalue weighted by molar-refractivity contribution is -0.140. The second-order valence-corrected chi connectivity index (χ2v) is 11.7. The molecule has 0 unspecified atom stereocenters. The van der Waals surface area contributed by atoms with Gasteiger partial charge in [0.25, 0.3) is 0 Å². The monoisotopic (exact) mass is 629 g/mol. The maximum Gasteiger partial charge on any atom is 0.434 e. The number of aryl methyl sites for hydroxylation is 1. The first-order chi connectivity index (χ1) is 20.9. The first-order valence-electron chi connectivity index (χ1n) is 14.0. The van der Waals surface area contributed by atoms with Gasteiger partial charge in [0.05, 0.1) is 5.52 Å². The number of rotatable bonds is 8. The minimum Gasteiger partial charge on any atom is -0.477 e. The number of carboxylic acids is 1. The molecule has 0 aliphatic carbocycles. The molecule has 44 heavy (non-hydrogen) atoms. The fourth-order valence-electron chi connectivity index (χ4n) is 5.13. The Morgan fingerprint density at radius 2 is 1.93 bits per heavy atom. The van der Waals surface area contributed by atoms with Crippen LogP contribution in [0.4, 0.5) is 23.8 Å². The van der Waals surface area contributed by atoms with E-state index >= 15 is 0 Å². The summed E-state index contributed by atoms with van der Waals surface area (Å²) in [6, 6.07) is 5.61. The number of halogens is 3. The zero-order valence-corrected chi connectivity index (χ0v) is 24.7. The van der Waals surface area contributed by atoms with Gasteiger partial charge in [-0.15, -0.1) is 11.3 Å². The van der Waals surface area contributed by atoms with E-state index in [1.807, 2.05) is 0 Å². The Hall–Kier alpha value is -4.30. The zero-order valence-electron chi connectivity index (χ0n) is 23.9. The van der Waals surface area contributed by atoms with Crippen molar-refractivity contribution in [3.8, 4) is 21.7 Å². The number of fused-ring (bicyclic) bond motifs is 1. The van der Waals surface area contributed by atoms with Crippen molar-refractivity contribution in [3.63, 3.8) is 0 Å². The summed E-state index contributed by atoms with van der Waals surface area (Å²) in [5.41, 5.74) is -0.592. The van der Waals surface area contributed by atoms with Crippen LogP contribution >= 0.6 is 11.3 Å². The molecule has 1 fully saturated rings. The number of benzene rings is 1. The van der Waals surface area contributed by atoms with E-state index in [1.165, 1.54) is 24.5 Å². The van der Waals surface area contributed by atoms with Crippen molar-refractivity contribution in [1.82, 2.24) is 19.9 Å². The van der Waals surface area contributed by atoms with Crippen LogP contribution in [0.5, 0.6) is 0 Å². The number of pyridine rings is 2. The van der Waals surface area contributed by atoms with Gasteiger partial charge in [0.15, 0.2) is 5.69 Å². The van der Waals surface area contributed by atoms with Crippen LogP contribution in [0.3, 0.4) is 0 Å². The van der Waals surface area contributed by atoms with E-state index in [1.54, 1.807) is 30.5 Å². The fourth-order valence-corrected chi connectivity index (χ4v) is 5.99. The minimum absolute atomic E-state index is 0.0234. The van der Waals surface area contributed by atoms with E-state index in [2.05, 4.69) is 20.6 Å². The Balaban J connectivity index is 1.60. The normalized spacial score (nSPS) is 14.2. The average Bonchev–Trinajstić information content (AvgIpc) is 3.48. The molecule has 1 aliphatic heterocycles. The van der Waals surface area contributed by atoms with Crippen LogP contribution < -0.4 is 16.1 Å². The van der Waals surface area contributed by atoms with Gasteiger partial charge >= 0.3 is 18.2 Å². The Kier molecular flexibility index (Phi) is 9.02. The van der Waals surface area contributed by atoms with Crippen LogP contribution in [0.1, 0.15) is 49.2 Å². The summed E-state index contributed by atoms with van der Waals surface area (Å²) in [7, 11) is 0. The van der Waals surface area contributed by atoms with Crippen molar-refractivity contribution in [2.45, 2.75) is 51.9 Å². The van der Waals surface area contributed by atoms with Crippen molar-refractivity contribution in [1.29, 1.82) is 0 Å². The van der Waals surface area contributed by atoms with E-state index in [-0.39, 0.29) is 33.4 Å². The zero-order chi connectivity index (χ0) is 31.6. The molecule has 0 bridgehead atoms. The Morgan fingerprint density at radius 1 is 1.18 bits per heavy atom. The molecule has 4 aromatic rings. The molecule has 3 aromatic heterocycles. The highest BCUT2D eigenvalue weighted by Crippen LogP contribution is 2.39. The SMILES string of the molecule is CC(C)NC(=O)Nc1cc(-c2nc(C(F)(F)F)cs2)c(-c2ccc3c(c2)c(=O)c(C(=O)O)cn3CCC2CCOCC2)cn1. The Labute approximate surface area is 253 Å². The smallest absolute Gasteiger partial charge is 0.434 e. The highest BCUT2D eigenvalue weighted by Gasteiger charge is 2.34. The largest absolute Gasteiger partial charge is 0.477 e. The summed E-state index contributed by atoms with van der Waals surface area (Å²) in [5.74, 6) is -0.869. The number of urea groups is 1. The van der Waals surface area contributed by atoms with Crippen LogP contribution in [0.15, 0.2) is 46.8 Å². The topological polar surface area (TPSA) is 135 Å². The molecule has 1 aromatic carbocycles. The van der Waals surface area contributed by atoms with Crippen molar-refractivity contribution in [2.75, 3.05) is 18.5 Å². The number of anilines is 1. The maximum atomic E-state index is 13.4. The van der Waals surface area contributed by atoms with Gasteiger partial charge in [0.2, 0.25) is 5.43 Å². The number of carboxylic acid groups (broad SMARTS) is 1. The molecule has 10 nitrogen and oxygen atoms in total. The molecule has 14 heteroatoms. The Morgan fingerprint density at radius 3 is 2.59 bits per heavy atom. The number of nitrogens with one attached hydrogen (secondary N) is 2. The van der Waals surface area contributed by atoms with Gasteiger partial charge in [0, 0.05) is 60.1 Å². The van der Waals surface area contributed by atoms with Crippen molar-refractivity contribution in [3.05, 3.63) is 63.5 Å². The van der Waals surface area contributed by atoms with Crippen LogP contribution in [0.2, 0.25) is 0 Å². The highest BCUT2D eigenvalue weighted by molar-refractivity contribution is 7.13. The molecule has 4 heterocycles. The van der Waals surface area contributed by atoms with Crippen LogP contribution in [-0.2, 0) is 17.5 Å². The molecule has 2 amide bonds. The third-order valence-corrected chi connectivity index (χ3v) is 8.21. The second kappa shape index (κ2) is 12.7. The molecular formula is C30H30F3N5O5S. The number of hydrogen-bond donors (Lipinski definition) is 3. The van der Waals surface area contributed by atoms with E-state index in [0.29, 0.717) is 42.3 Å². The van der Waals surface area contributed by atoms with Crippen LogP contribution in [0.25, 0.3) is 32.6 Å². The quantitative estimate of drug-likeness (QED) is 0.210. The highest BCUT2D eigenvalue weighted by atomic mass is 32.1. The number of alkyl halides is 3. The summed E-state index contributed by atoms with van der Waals surface area (Å²) in [6.45, 7) is 5.38. The third kappa shape index (κ3) is 6.91. The summed E-state index contributed by atoms with van der Waals surface area (Å²) < 4.78 is 47.5. The van der Waals surface area contributed by atoms with E-state index in [9.17, 15) is 32.7 Å². The third-order valence-electron chi connectivity index (χ3n) is 7.33. The standard InChI is InChI=1S/C30H30F3N5O5S/c1-16(2)35-29(42)37-25-12-19(27-36-24(15-44-27)30(31,32)33)21(13-34-25)18-3-4-23-20(11-18)26(39)22(28(40)41)14-38(23)8-5-17-6-9-43-10-7-17/h3-4,11-17H,5-10H2,1-2H3,(H,40,41)(H2,34,35,37,42). The number of aromatic carboxylic acids is 1. The number of ether oxygens (including phenoxy) is 1. The first kappa shape index (κ1) is 31.1. The van der Waals surface area contributed by atoms with Crippen molar-refractivity contribution in [2.24, 2.45) is 5.92 Å². The van der Waals surface area contributed by atoms with Gasteiger partial charge in [-0.25, -0.2) is 19.6 Å². The van der Waals surface area contributed by atoms with Gasteiger partial charge in [-0.2, -0.15) is 13.2 Å². The lowest BCUT2D eigenvalue weighted by Crippen LogP contribution is -2.34. The van der Waals surface area contributed by atoms with Crippen LogP contribution in [0, 0.1) is 5.92 Å². The lowest BCUT2D eigenvalue weighted by atomic mass is 9.96. The summed E-state index contributed by atoms with van der Waals surface area (Å²) in [5, 5.41) is 16.1. The van der Waals surface area contributed by atoms with Crippen molar-refractivity contribution >= 4 is 40.1 Å². The fraction of sp³-hybridized carbons (Fsp3) is 0.367. The molecule has 0 radical (unpaired) electrons. The Bertz CT molecular complexity index is 1760. The van der Waals surface area contributed by atoms with E-state index in [4.69, 9.17) is 4.74 Å². The maximum absolute atomic E-state index is 13.4. The molecule has 1 saturated heterocycles. The number of thiazole rings is 1. The second-order valence-electron chi connectivity index (χ2n) is 10.9. The van der Waals surface area contributed by atoms with Crippen LogP contribution in [-0.4, -0.2) is 50.9 Å². The molecule has 0 spiro atoms. The number of carbonyl (C=O) groups excluding carboxylic acids is 1. The molecule has 5 rings (SSSR count). The summed E-state index contributed by atoms with van der Waals surface area (Å²) in [6.07, 6.45) is 0.658. The number of carbonyl (C=O) groups is 2. The van der Waals surface area contributed by atoms with Gasteiger partial charge in [0.1, 0.15) is 16.4 Å². The van der Waals surface area contributed by atoms with Gasteiger partial charge < -0.3 is 19.7 Å². The van der Waals surface area contributed by atoms with Crippen molar-refractivity contribution < 1.29 is 32.6 Å². The summed E-state index contributed by atoms with van der Waals surface area (Å²) >= 11 is 0.773. The van der Waals surface area contributed by atoms with E-state index < -0.39 is 29.3 Å². The number of nitrogens with zero attached hydrogens (tertiary/aromatic N) is 3. The molecule has 0 atom stereocenters. The molecular weight excluding hydrogens is 599 g/mol.